The molecule has 8 nitrogen and oxygen atoms in total. The summed E-state index contributed by atoms with van der Waals surface area (Å²) in [4.78, 5) is 40.1. The van der Waals surface area contributed by atoms with Crippen molar-refractivity contribution >= 4 is 46.3 Å². The van der Waals surface area contributed by atoms with Crippen molar-refractivity contribution in [2.75, 3.05) is 5.32 Å². The minimum atomic E-state index is -1.05. The van der Waals surface area contributed by atoms with Crippen LogP contribution in [0, 0.1) is 10.1 Å². The molecule has 0 saturated carbocycles. The smallest absolute Gasteiger partial charge is 0.340 e. The highest BCUT2D eigenvalue weighted by Crippen LogP contribution is 2.27. The van der Waals surface area contributed by atoms with Crippen LogP contribution < -0.4 is 5.32 Å². The lowest BCUT2D eigenvalue weighted by atomic mass is 10.2. The summed E-state index contributed by atoms with van der Waals surface area (Å²) in [6, 6.07) is 12.4. The van der Waals surface area contributed by atoms with Gasteiger partial charge in [-0.15, -0.1) is 23.1 Å². The van der Waals surface area contributed by atoms with Crippen molar-refractivity contribution in [2.24, 2.45) is 0 Å². The number of amides is 1. The number of thiazole rings is 1. The molecule has 10 heteroatoms. The van der Waals surface area contributed by atoms with E-state index < -0.39 is 22.9 Å². The number of esters is 1. The highest BCUT2D eigenvalue weighted by atomic mass is 32.2. The van der Waals surface area contributed by atoms with E-state index in [1.165, 1.54) is 54.3 Å². The van der Waals surface area contributed by atoms with E-state index in [-0.39, 0.29) is 5.69 Å². The first kappa shape index (κ1) is 21.5. The number of anilines is 1. The molecule has 1 N–H and O–H groups in total. The number of thioether (sulfide) groups is 1. The third-order valence-corrected chi connectivity index (χ3v) is 5.71. The summed E-state index contributed by atoms with van der Waals surface area (Å²) >= 11 is 2.97. The number of aromatic nitrogens is 1. The van der Waals surface area contributed by atoms with Gasteiger partial charge in [-0.05, 0) is 31.2 Å². The highest BCUT2D eigenvalue weighted by Gasteiger charge is 2.21. The third kappa shape index (κ3) is 5.65. The Kier molecular flexibility index (Phi) is 7.15. The quantitative estimate of drug-likeness (QED) is 0.236. The zero-order valence-corrected chi connectivity index (χ0v) is 17.4. The van der Waals surface area contributed by atoms with E-state index in [4.69, 9.17) is 4.74 Å². The van der Waals surface area contributed by atoms with Crippen LogP contribution in [0.3, 0.4) is 0 Å². The van der Waals surface area contributed by atoms with Crippen LogP contribution in [0.5, 0.6) is 0 Å². The Morgan fingerprint density at radius 2 is 1.97 bits per heavy atom. The fraction of sp³-hybridized carbons (Fsp3) is 0.150. The second-order valence-electron chi connectivity index (χ2n) is 6.11. The summed E-state index contributed by atoms with van der Waals surface area (Å²) in [5, 5.41) is 15.2. The molecule has 154 valence electrons. The summed E-state index contributed by atoms with van der Waals surface area (Å²) < 4.78 is 5.32. The number of rotatable bonds is 8. The molecule has 0 fully saturated rings. The van der Waals surface area contributed by atoms with Gasteiger partial charge >= 0.3 is 5.97 Å². The summed E-state index contributed by atoms with van der Waals surface area (Å²) in [6.45, 7) is 1.46. The van der Waals surface area contributed by atoms with Crippen LogP contribution in [-0.2, 0) is 15.3 Å². The van der Waals surface area contributed by atoms with E-state index in [1.54, 1.807) is 17.6 Å². The lowest BCUT2D eigenvalue weighted by Gasteiger charge is -2.15. The van der Waals surface area contributed by atoms with Crippen molar-refractivity contribution in [1.82, 2.24) is 4.98 Å². The Balaban J connectivity index is 1.60. The van der Waals surface area contributed by atoms with E-state index in [0.29, 0.717) is 17.0 Å². The SMILES string of the molecule is CC(OC(=O)c1ccccc1SCc1cscn1)C(=O)Nc1ccc([N+](=O)[O-])cc1. The van der Waals surface area contributed by atoms with Crippen molar-refractivity contribution in [3.63, 3.8) is 0 Å². The van der Waals surface area contributed by atoms with Crippen molar-refractivity contribution in [2.45, 2.75) is 23.7 Å². The maximum absolute atomic E-state index is 12.6. The van der Waals surface area contributed by atoms with Gasteiger partial charge in [0.2, 0.25) is 0 Å². The second kappa shape index (κ2) is 9.99. The van der Waals surface area contributed by atoms with Gasteiger partial charge in [-0.25, -0.2) is 9.78 Å². The minimum absolute atomic E-state index is 0.0840. The fourth-order valence-corrected chi connectivity index (χ4v) is 4.02. The number of hydrogen-bond donors (Lipinski definition) is 1. The molecule has 3 aromatic rings. The van der Waals surface area contributed by atoms with Gasteiger partial charge in [-0.1, -0.05) is 12.1 Å². The molecular formula is C20H17N3O5S2. The average Bonchev–Trinajstić information content (AvgIpc) is 3.26. The number of nitro groups is 1. The van der Waals surface area contributed by atoms with Crippen LogP contribution in [0.1, 0.15) is 23.0 Å². The van der Waals surface area contributed by atoms with Crippen LogP contribution in [0.2, 0.25) is 0 Å². The van der Waals surface area contributed by atoms with Gasteiger partial charge in [0.05, 0.1) is 21.7 Å². The van der Waals surface area contributed by atoms with Crippen LogP contribution in [-0.4, -0.2) is 27.9 Å². The number of ether oxygens (including phenoxy) is 1. The molecule has 0 aliphatic heterocycles. The molecule has 0 spiro atoms. The number of hydrogen-bond acceptors (Lipinski definition) is 8. The van der Waals surface area contributed by atoms with Gasteiger partial charge in [0, 0.05) is 33.8 Å². The zero-order valence-electron chi connectivity index (χ0n) is 15.8. The summed E-state index contributed by atoms with van der Waals surface area (Å²) in [5.74, 6) is -0.531. The van der Waals surface area contributed by atoms with Gasteiger partial charge in [0.15, 0.2) is 6.10 Å². The molecule has 1 amide bonds. The number of carbonyl (C=O) groups excluding carboxylic acids is 2. The first-order valence-electron chi connectivity index (χ1n) is 8.79. The maximum Gasteiger partial charge on any atom is 0.340 e. The molecule has 1 unspecified atom stereocenters. The number of benzene rings is 2. The van der Waals surface area contributed by atoms with Gasteiger partial charge in [0.1, 0.15) is 0 Å². The Hall–Kier alpha value is -3.24. The first-order valence-corrected chi connectivity index (χ1v) is 10.7. The molecule has 0 bridgehead atoms. The molecule has 0 aliphatic rings. The minimum Gasteiger partial charge on any atom is -0.449 e. The molecule has 0 saturated heterocycles. The van der Waals surface area contributed by atoms with Crippen LogP contribution >= 0.6 is 23.1 Å². The van der Waals surface area contributed by atoms with Crippen LogP contribution in [0.25, 0.3) is 0 Å². The Morgan fingerprint density at radius 1 is 1.23 bits per heavy atom. The molecule has 30 heavy (non-hydrogen) atoms. The van der Waals surface area contributed by atoms with Gasteiger partial charge in [-0.3, -0.25) is 14.9 Å². The van der Waals surface area contributed by atoms with E-state index in [9.17, 15) is 19.7 Å². The molecule has 2 aromatic carbocycles. The summed E-state index contributed by atoms with van der Waals surface area (Å²) in [5.41, 5.74) is 3.32. The summed E-state index contributed by atoms with van der Waals surface area (Å²) in [7, 11) is 0. The third-order valence-electron chi connectivity index (χ3n) is 3.96. The van der Waals surface area contributed by atoms with E-state index in [2.05, 4.69) is 10.3 Å². The van der Waals surface area contributed by atoms with Gasteiger partial charge < -0.3 is 10.1 Å². The predicted molar refractivity (Wildman–Crippen MR) is 115 cm³/mol. The molecule has 1 aromatic heterocycles. The molecule has 3 rings (SSSR count). The molecule has 1 heterocycles. The Labute approximate surface area is 180 Å². The Bertz CT molecular complexity index is 1040. The lowest BCUT2D eigenvalue weighted by Crippen LogP contribution is -2.30. The Morgan fingerprint density at radius 3 is 2.63 bits per heavy atom. The fourth-order valence-electron chi connectivity index (χ4n) is 2.41. The predicted octanol–water partition coefficient (Wildman–Crippen LogP) is 4.53. The molecule has 1 atom stereocenters. The maximum atomic E-state index is 12.6. The van der Waals surface area contributed by atoms with E-state index in [0.717, 1.165) is 10.6 Å². The monoisotopic (exact) mass is 443 g/mol. The van der Waals surface area contributed by atoms with Crippen molar-refractivity contribution < 1.29 is 19.2 Å². The number of nitro benzene ring substituents is 1. The van der Waals surface area contributed by atoms with Gasteiger partial charge in [-0.2, -0.15) is 0 Å². The zero-order chi connectivity index (χ0) is 21.5. The lowest BCUT2D eigenvalue weighted by molar-refractivity contribution is -0.384. The first-order chi connectivity index (χ1) is 14.4. The number of nitrogens with one attached hydrogen (secondary N) is 1. The molecular weight excluding hydrogens is 426 g/mol. The number of non-ortho nitro benzene ring substituents is 1. The highest BCUT2D eigenvalue weighted by molar-refractivity contribution is 7.98. The summed E-state index contributed by atoms with van der Waals surface area (Å²) in [6.07, 6.45) is -1.05. The number of carbonyl (C=O) groups is 2. The molecule has 0 radical (unpaired) electrons. The second-order valence-corrected chi connectivity index (χ2v) is 7.84. The van der Waals surface area contributed by atoms with Crippen LogP contribution in [0.15, 0.2) is 64.3 Å². The number of nitrogens with zero attached hydrogens (tertiary/aromatic N) is 2. The van der Waals surface area contributed by atoms with Crippen molar-refractivity contribution in [3.05, 3.63) is 80.8 Å². The van der Waals surface area contributed by atoms with Crippen LogP contribution in [0.4, 0.5) is 11.4 Å². The van der Waals surface area contributed by atoms with Gasteiger partial charge in [0.25, 0.3) is 11.6 Å². The van der Waals surface area contributed by atoms with E-state index in [1.807, 2.05) is 17.5 Å². The van der Waals surface area contributed by atoms with Crippen molar-refractivity contribution in [1.29, 1.82) is 0 Å². The van der Waals surface area contributed by atoms with E-state index >= 15 is 0 Å². The largest absolute Gasteiger partial charge is 0.449 e. The molecule has 0 aliphatic carbocycles. The standard InChI is InChI=1S/C20H17N3O5S2/c1-13(19(24)22-14-6-8-16(9-7-14)23(26)27)28-20(25)17-4-2-3-5-18(17)30-11-15-10-29-12-21-15/h2-10,12-13H,11H2,1H3,(H,22,24). The average molecular weight is 444 g/mol. The topological polar surface area (TPSA) is 111 Å². The van der Waals surface area contributed by atoms with Crippen molar-refractivity contribution in [3.8, 4) is 0 Å². The normalized spacial score (nSPS) is 11.5.